The van der Waals surface area contributed by atoms with Gasteiger partial charge in [-0.15, -0.1) is 12.4 Å². The van der Waals surface area contributed by atoms with Crippen molar-refractivity contribution in [3.63, 3.8) is 0 Å². The Morgan fingerprint density at radius 2 is 1.54 bits per heavy atom. The summed E-state index contributed by atoms with van der Waals surface area (Å²) in [5.41, 5.74) is 7.98. The Kier molecular flexibility index (Phi) is 6.36. The van der Waals surface area contributed by atoms with Gasteiger partial charge in [0.1, 0.15) is 12.6 Å². The maximum absolute atomic E-state index is 12.0. The van der Waals surface area contributed by atoms with Gasteiger partial charge in [-0.2, -0.15) is 0 Å². The number of fused-ring (bicyclic) bond motifs is 1. The Balaban J connectivity index is 0.00000208. The van der Waals surface area contributed by atoms with E-state index in [0.29, 0.717) is 6.42 Å². The fraction of sp³-hybridized carbons (Fsp3) is 0.150. The molecule has 3 rings (SSSR count). The van der Waals surface area contributed by atoms with Crippen LogP contribution in [0.5, 0.6) is 0 Å². The zero-order valence-electron chi connectivity index (χ0n) is 13.2. The molecule has 0 aliphatic carbocycles. The number of benzene rings is 3. The van der Waals surface area contributed by atoms with Gasteiger partial charge in [0.2, 0.25) is 0 Å². The molecule has 3 aromatic rings. The Bertz CT molecular complexity index is 805. The van der Waals surface area contributed by atoms with Crippen LogP contribution in [0.15, 0.2) is 72.8 Å². The molecule has 0 fully saturated rings. The minimum atomic E-state index is -0.653. The van der Waals surface area contributed by atoms with Gasteiger partial charge in [0, 0.05) is 0 Å². The fourth-order valence-electron chi connectivity index (χ4n) is 2.54. The predicted molar refractivity (Wildman–Crippen MR) is 99.1 cm³/mol. The van der Waals surface area contributed by atoms with Crippen LogP contribution < -0.4 is 5.73 Å². The average Bonchev–Trinajstić information content (AvgIpc) is 2.60. The molecular weight excluding hydrogens is 322 g/mol. The highest BCUT2D eigenvalue weighted by Crippen LogP contribution is 2.16. The van der Waals surface area contributed by atoms with E-state index in [-0.39, 0.29) is 25.0 Å². The number of hydrogen-bond acceptors (Lipinski definition) is 3. The van der Waals surface area contributed by atoms with Crippen LogP contribution in [0.4, 0.5) is 0 Å². The molecule has 0 saturated heterocycles. The van der Waals surface area contributed by atoms with Crippen LogP contribution >= 0.6 is 12.4 Å². The highest BCUT2D eigenvalue weighted by Gasteiger charge is 2.16. The lowest BCUT2D eigenvalue weighted by Crippen LogP contribution is -2.34. The summed E-state index contributed by atoms with van der Waals surface area (Å²) in [5, 5.41) is 2.33. The molecule has 4 heteroatoms. The monoisotopic (exact) mass is 341 g/mol. The van der Waals surface area contributed by atoms with E-state index >= 15 is 0 Å². The molecule has 1 atom stereocenters. The molecule has 0 bridgehead atoms. The second kappa shape index (κ2) is 8.48. The van der Waals surface area contributed by atoms with Crippen LogP contribution in [0.2, 0.25) is 0 Å². The SMILES string of the molecule is Cl.N[C@@H](Cc1ccc2ccccc2c1)C(=O)OCc1ccccc1. The first kappa shape index (κ1) is 18.0. The standard InChI is InChI=1S/C20H19NO2.ClH/c21-19(20(22)23-14-15-6-2-1-3-7-15)13-16-10-11-17-8-4-5-9-18(17)12-16;/h1-12,19H,13-14,21H2;1H/t19-;/m0./s1. The highest BCUT2D eigenvalue weighted by molar-refractivity contribution is 5.85. The second-order valence-electron chi connectivity index (χ2n) is 5.59. The lowest BCUT2D eigenvalue weighted by molar-refractivity contribution is -0.146. The molecule has 0 aliphatic rings. The average molecular weight is 342 g/mol. The lowest BCUT2D eigenvalue weighted by atomic mass is 10.0. The number of rotatable bonds is 5. The number of esters is 1. The summed E-state index contributed by atoms with van der Waals surface area (Å²) in [5.74, 6) is -0.373. The Labute approximate surface area is 147 Å². The molecule has 0 aliphatic heterocycles. The lowest BCUT2D eigenvalue weighted by Gasteiger charge is -2.12. The third-order valence-electron chi connectivity index (χ3n) is 3.80. The van der Waals surface area contributed by atoms with Gasteiger partial charge in [-0.05, 0) is 28.3 Å². The minimum Gasteiger partial charge on any atom is -0.460 e. The van der Waals surface area contributed by atoms with Gasteiger partial charge in [-0.1, -0.05) is 72.8 Å². The van der Waals surface area contributed by atoms with E-state index in [1.807, 2.05) is 54.6 Å². The predicted octanol–water partition coefficient (Wildman–Crippen LogP) is 3.87. The largest absolute Gasteiger partial charge is 0.460 e. The van der Waals surface area contributed by atoms with Crippen molar-refractivity contribution in [1.82, 2.24) is 0 Å². The molecule has 124 valence electrons. The van der Waals surface area contributed by atoms with E-state index < -0.39 is 6.04 Å². The van der Waals surface area contributed by atoms with Crippen molar-refractivity contribution in [1.29, 1.82) is 0 Å². The molecule has 0 radical (unpaired) electrons. The minimum absolute atomic E-state index is 0. The molecular formula is C20H20ClNO2. The smallest absolute Gasteiger partial charge is 0.323 e. The summed E-state index contributed by atoms with van der Waals surface area (Å²) < 4.78 is 5.29. The second-order valence-corrected chi connectivity index (χ2v) is 5.59. The maximum Gasteiger partial charge on any atom is 0.323 e. The molecule has 24 heavy (non-hydrogen) atoms. The first-order chi connectivity index (χ1) is 11.2. The maximum atomic E-state index is 12.0. The fourth-order valence-corrected chi connectivity index (χ4v) is 2.54. The molecule has 3 aromatic carbocycles. The summed E-state index contributed by atoms with van der Waals surface area (Å²) >= 11 is 0. The van der Waals surface area contributed by atoms with E-state index in [2.05, 4.69) is 18.2 Å². The van der Waals surface area contributed by atoms with E-state index in [1.54, 1.807) is 0 Å². The van der Waals surface area contributed by atoms with E-state index in [9.17, 15) is 4.79 Å². The molecule has 0 unspecified atom stereocenters. The molecule has 3 nitrogen and oxygen atoms in total. The van der Waals surface area contributed by atoms with E-state index in [4.69, 9.17) is 10.5 Å². The van der Waals surface area contributed by atoms with Crippen LogP contribution in [-0.2, 0) is 22.6 Å². The highest BCUT2D eigenvalue weighted by atomic mass is 35.5. The van der Waals surface area contributed by atoms with Gasteiger partial charge >= 0.3 is 5.97 Å². The molecule has 0 spiro atoms. The van der Waals surface area contributed by atoms with Crippen LogP contribution in [0.3, 0.4) is 0 Å². The normalized spacial score (nSPS) is 11.5. The van der Waals surface area contributed by atoms with Crippen molar-refractivity contribution in [2.24, 2.45) is 5.73 Å². The third-order valence-corrected chi connectivity index (χ3v) is 3.80. The Morgan fingerprint density at radius 1 is 0.875 bits per heavy atom. The van der Waals surface area contributed by atoms with Gasteiger partial charge in [-0.25, -0.2) is 0 Å². The van der Waals surface area contributed by atoms with Crippen molar-refractivity contribution >= 4 is 29.1 Å². The van der Waals surface area contributed by atoms with Crippen LogP contribution in [0.1, 0.15) is 11.1 Å². The molecule has 0 heterocycles. The third kappa shape index (κ3) is 4.57. The van der Waals surface area contributed by atoms with Crippen molar-refractivity contribution in [2.75, 3.05) is 0 Å². The van der Waals surface area contributed by atoms with Crippen molar-refractivity contribution in [3.05, 3.63) is 83.9 Å². The van der Waals surface area contributed by atoms with Gasteiger partial charge < -0.3 is 10.5 Å². The first-order valence-electron chi connectivity index (χ1n) is 7.66. The molecule has 0 amide bonds. The zero-order valence-corrected chi connectivity index (χ0v) is 14.0. The topological polar surface area (TPSA) is 52.3 Å². The van der Waals surface area contributed by atoms with E-state index in [0.717, 1.165) is 16.5 Å². The van der Waals surface area contributed by atoms with Crippen LogP contribution in [-0.4, -0.2) is 12.0 Å². The van der Waals surface area contributed by atoms with Crippen molar-refractivity contribution < 1.29 is 9.53 Å². The summed E-state index contributed by atoms with van der Waals surface area (Å²) in [6.07, 6.45) is 0.471. The number of halogens is 1. The number of carbonyl (C=O) groups excluding carboxylic acids is 1. The van der Waals surface area contributed by atoms with Gasteiger partial charge in [-0.3, -0.25) is 4.79 Å². The summed E-state index contributed by atoms with van der Waals surface area (Å²) in [7, 11) is 0. The quantitative estimate of drug-likeness (QED) is 0.717. The zero-order chi connectivity index (χ0) is 16.1. The molecule has 0 aromatic heterocycles. The Hall–Kier alpha value is -2.36. The molecule has 0 saturated carbocycles. The Morgan fingerprint density at radius 3 is 2.29 bits per heavy atom. The summed E-state index contributed by atoms with van der Waals surface area (Å²) in [6.45, 7) is 0.255. The van der Waals surface area contributed by atoms with E-state index in [1.165, 1.54) is 5.39 Å². The summed E-state index contributed by atoms with van der Waals surface area (Å²) in [4.78, 5) is 12.0. The number of ether oxygens (including phenoxy) is 1. The van der Waals surface area contributed by atoms with Crippen LogP contribution in [0.25, 0.3) is 10.8 Å². The summed E-state index contributed by atoms with van der Waals surface area (Å²) in [6, 6.07) is 23.2. The van der Waals surface area contributed by atoms with Crippen molar-refractivity contribution in [2.45, 2.75) is 19.1 Å². The van der Waals surface area contributed by atoms with Crippen molar-refractivity contribution in [3.8, 4) is 0 Å². The van der Waals surface area contributed by atoms with Gasteiger partial charge in [0.05, 0.1) is 0 Å². The molecule has 2 N–H and O–H groups in total. The van der Waals surface area contributed by atoms with Gasteiger partial charge in [0.15, 0.2) is 0 Å². The number of nitrogens with two attached hydrogens (primary N) is 1. The number of hydrogen-bond donors (Lipinski definition) is 1. The van der Waals surface area contributed by atoms with Crippen LogP contribution in [0, 0.1) is 0 Å². The van der Waals surface area contributed by atoms with Gasteiger partial charge in [0.25, 0.3) is 0 Å². The first-order valence-corrected chi connectivity index (χ1v) is 7.66. The number of carbonyl (C=O) groups is 1.